The smallest absolute Gasteiger partial charge is 0.338 e. The number of esters is 1. The molecule has 0 atom stereocenters. The van der Waals surface area contributed by atoms with Gasteiger partial charge in [-0.2, -0.15) is 0 Å². The van der Waals surface area contributed by atoms with Gasteiger partial charge in [0, 0.05) is 19.8 Å². The predicted molar refractivity (Wildman–Crippen MR) is 99.2 cm³/mol. The van der Waals surface area contributed by atoms with Gasteiger partial charge in [-0.25, -0.2) is 22.9 Å². The molecule has 2 aromatic carbocycles. The molecule has 28 heavy (non-hydrogen) atoms. The number of carbonyl (C=O) groups excluding carboxylic acids is 2. The van der Waals surface area contributed by atoms with Crippen LogP contribution in [0.3, 0.4) is 0 Å². The van der Waals surface area contributed by atoms with Gasteiger partial charge in [0.25, 0.3) is 5.91 Å². The SMILES string of the molecule is CN(C)c1ccc(C(=O)OCC(=O)Nc2nc3c(F)c(F)c(F)cc3s2)cc1. The van der Waals surface area contributed by atoms with E-state index < -0.39 is 41.5 Å². The van der Waals surface area contributed by atoms with Crippen molar-refractivity contribution >= 4 is 44.2 Å². The van der Waals surface area contributed by atoms with Gasteiger partial charge in [0.05, 0.1) is 10.3 Å². The van der Waals surface area contributed by atoms with E-state index in [0.717, 1.165) is 23.1 Å². The molecule has 0 bridgehead atoms. The van der Waals surface area contributed by atoms with Gasteiger partial charge in [0.1, 0.15) is 5.52 Å². The fraction of sp³-hybridized carbons (Fsp3) is 0.167. The maximum atomic E-state index is 13.7. The molecule has 0 saturated carbocycles. The van der Waals surface area contributed by atoms with Gasteiger partial charge in [-0.1, -0.05) is 11.3 Å². The predicted octanol–water partition coefficient (Wildman–Crippen LogP) is 3.58. The van der Waals surface area contributed by atoms with E-state index in [0.29, 0.717) is 0 Å². The molecular formula is C18H14F3N3O3S. The fourth-order valence-corrected chi connectivity index (χ4v) is 3.20. The summed E-state index contributed by atoms with van der Waals surface area (Å²) in [6.45, 7) is -0.602. The summed E-state index contributed by atoms with van der Waals surface area (Å²) < 4.78 is 45.1. The third-order valence-electron chi connectivity index (χ3n) is 3.72. The highest BCUT2D eigenvalue weighted by atomic mass is 32.1. The Bertz CT molecular complexity index is 1050. The molecule has 146 valence electrons. The van der Waals surface area contributed by atoms with Crippen molar-refractivity contribution in [2.75, 3.05) is 30.9 Å². The molecule has 0 aliphatic rings. The summed E-state index contributed by atoms with van der Waals surface area (Å²) in [6.07, 6.45) is 0. The van der Waals surface area contributed by atoms with Gasteiger partial charge in [0.15, 0.2) is 29.2 Å². The number of amides is 1. The summed E-state index contributed by atoms with van der Waals surface area (Å²) in [6, 6.07) is 7.37. The normalized spacial score (nSPS) is 10.8. The molecule has 0 aliphatic carbocycles. The number of carbonyl (C=O) groups is 2. The minimum absolute atomic E-state index is 0.0321. The largest absolute Gasteiger partial charge is 0.452 e. The molecule has 10 heteroatoms. The molecule has 1 N–H and O–H groups in total. The molecule has 0 spiro atoms. The van der Waals surface area contributed by atoms with Crippen molar-refractivity contribution in [3.63, 3.8) is 0 Å². The Morgan fingerprint density at radius 3 is 2.46 bits per heavy atom. The van der Waals surface area contributed by atoms with Crippen molar-refractivity contribution in [2.24, 2.45) is 0 Å². The highest BCUT2D eigenvalue weighted by Gasteiger charge is 2.19. The van der Waals surface area contributed by atoms with Crippen molar-refractivity contribution in [1.82, 2.24) is 4.98 Å². The van der Waals surface area contributed by atoms with Crippen molar-refractivity contribution < 1.29 is 27.5 Å². The van der Waals surface area contributed by atoms with E-state index in [9.17, 15) is 22.8 Å². The van der Waals surface area contributed by atoms with Crippen LogP contribution in [0.2, 0.25) is 0 Å². The minimum Gasteiger partial charge on any atom is -0.452 e. The van der Waals surface area contributed by atoms with E-state index in [1.165, 1.54) is 0 Å². The van der Waals surface area contributed by atoms with Crippen LogP contribution in [0.15, 0.2) is 30.3 Å². The van der Waals surface area contributed by atoms with Crippen LogP contribution in [-0.4, -0.2) is 37.6 Å². The van der Waals surface area contributed by atoms with Crippen LogP contribution < -0.4 is 10.2 Å². The van der Waals surface area contributed by atoms with Crippen LogP contribution in [0.4, 0.5) is 24.0 Å². The first-order chi connectivity index (χ1) is 13.3. The van der Waals surface area contributed by atoms with Crippen LogP contribution in [0.25, 0.3) is 10.2 Å². The second-order valence-corrected chi connectivity index (χ2v) is 6.95. The Kier molecular flexibility index (Phi) is 5.50. The number of ether oxygens (including phenoxy) is 1. The monoisotopic (exact) mass is 409 g/mol. The standard InChI is InChI=1S/C18H14F3N3O3S/c1-24(2)10-5-3-9(4-6-10)17(26)27-8-13(25)22-18-23-16-12(28-18)7-11(19)14(20)15(16)21/h3-7H,8H2,1-2H3,(H,22,23,25). The first-order valence-corrected chi connectivity index (χ1v) is 8.76. The van der Waals surface area contributed by atoms with Crippen molar-refractivity contribution in [3.05, 3.63) is 53.3 Å². The number of thiazole rings is 1. The summed E-state index contributed by atoms with van der Waals surface area (Å²) in [5, 5.41) is 2.23. The third kappa shape index (κ3) is 4.06. The Morgan fingerprint density at radius 1 is 1.14 bits per heavy atom. The lowest BCUT2D eigenvalue weighted by atomic mass is 10.2. The number of rotatable bonds is 5. The van der Waals surface area contributed by atoms with Gasteiger partial charge in [-0.15, -0.1) is 0 Å². The van der Waals surface area contributed by atoms with E-state index in [-0.39, 0.29) is 15.4 Å². The summed E-state index contributed by atoms with van der Waals surface area (Å²) in [5.74, 6) is -5.83. The van der Waals surface area contributed by atoms with Gasteiger partial charge in [-0.05, 0) is 30.3 Å². The fourth-order valence-electron chi connectivity index (χ4n) is 2.29. The molecule has 0 unspecified atom stereocenters. The number of anilines is 2. The lowest BCUT2D eigenvalue weighted by Gasteiger charge is -2.12. The highest BCUT2D eigenvalue weighted by Crippen LogP contribution is 2.30. The quantitative estimate of drug-likeness (QED) is 0.515. The molecule has 3 rings (SSSR count). The molecule has 0 aliphatic heterocycles. The van der Waals surface area contributed by atoms with Gasteiger partial charge < -0.3 is 9.64 Å². The van der Waals surface area contributed by atoms with E-state index in [1.54, 1.807) is 24.3 Å². The maximum absolute atomic E-state index is 13.7. The van der Waals surface area contributed by atoms with E-state index >= 15 is 0 Å². The number of hydrogen-bond donors (Lipinski definition) is 1. The number of aromatic nitrogens is 1. The zero-order valence-electron chi connectivity index (χ0n) is 14.8. The van der Waals surface area contributed by atoms with Crippen LogP contribution in [0.1, 0.15) is 10.4 Å². The molecular weight excluding hydrogens is 395 g/mol. The van der Waals surface area contributed by atoms with Crippen molar-refractivity contribution in [2.45, 2.75) is 0 Å². The number of benzene rings is 2. The van der Waals surface area contributed by atoms with Gasteiger partial charge in [0.2, 0.25) is 0 Å². The van der Waals surface area contributed by atoms with Crippen LogP contribution in [-0.2, 0) is 9.53 Å². The number of fused-ring (bicyclic) bond motifs is 1. The summed E-state index contributed by atoms with van der Waals surface area (Å²) >= 11 is 0.763. The first-order valence-electron chi connectivity index (χ1n) is 7.94. The lowest BCUT2D eigenvalue weighted by molar-refractivity contribution is -0.119. The zero-order valence-corrected chi connectivity index (χ0v) is 15.6. The average molecular weight is 409 g/mol. The summed E-state index contributed by atoms with van der Waals surface area (Å²) in [5.41, 5.74) is 0.772. The van der Waals surface area contributed by atoms with Crippen LogP contribution in [0.5, 0.6) is 0 Å². The number of nitrogens with zero attached hydrogens (tertiary/aromatic N) is 2. The van der Waals surface area contributed by atoms with Crippen LogP contribution >= 0.6 is 11.3 Å². The number of hydrogen-bond acceptors (Lipinski definition) is 6. The Hall–Kier alpha value is -3.14. The number of nitrogens with one attached hydrogen (secondary N) is 1. The Labute approximate surface area is 161 Å². The molecule has 1 heterocycles. The topological polar surface area (TPSA) is 71.5 Å². The molecule has 0 fully saturated rings. The van der Waals surface area contributed by atoms with Gasteiger partial charge in [-0.3, -0.25) is 10.1 Å². The van der Waals surface area contributed by atoms with Crippen LogP contribution in [0, 0.1) is 17.5 Å². The third-order valence-corrected chi connectivity index (χ3v) is 4.64. The molecule has 6 nitrogen and oxygen atoms in total. The summed E-state index contributed by atoms with van der Waals surface area (Å²) in [7, 11) is 3.71. The molecule has 0 saturated heterocycles. The lowest BCUT2D eigenvalue weighted by Crippen LogP contribution is -2.20. The minimum atomic E-state index is -1.63. The van der Waals surface area contributed by atoms with E-state index in [1.807, 2.05) is 19.0 Å². The van der Waals surface area contributed by atoms with Crippen molar-refractivity contribution in [1.29, 1.82) is 0 Å². The Morgan fingerprint density at radius 2 is 1.82 bits per heavy atom. The zero-order chi connectivity index (χ0) is 20.4. The molecule has 1 aromatic heterocycles. The van der Waals surface area contributed by atoms with E-state index in [4.69, 9.17) is 4.74 Å². The maximum Gasteiger partial charge on any atom is 0.338 e. The first kappa shape index (κ1) is 19.6. The van der Waals surface area contributed by atoms with Crippen molar-refractivity contribution in [3.8, 4) is 0 Å². The second kappa shape index (κ2) is 7.85. The van der Waals surface area contributed by atoms with E-state index in [2.05, 4.69) is 10.3 Å². The Balaban J connectivity index is 1.62. The number of halogens is 3. The second-order valence-electron chi connectivity index (χ2n) is 5.92. The summed E-state index contributed by atoms with van der Waals surface area (Å²) in [4.78, 5) is 29.5. The molecule has 0 radical (unpaired) electrons. The average Bonchev–Trinajstić information content (AvgIpc) is 3.06. The highest BCUT2D eigenvalue weighted by molar-refractivity contribution is 7.22. The van der Waals surface area contributed by atoms with Gasteiger partial charge >= 0.3 is 5.97 Å². The molecule has 1 amide bonds. The molecule has 3 aromatic rings.